The van der Waals surface area contributed by atoms with Crippen LogP contribution < -0.4 is 18.9 Å². The summed E-state index contributed by atoms with van der Waals surface area (Å²) in [7, 11) is 1.79. The van der Waals surface area contributed by atoms with Gasteiger partial charge in [0.05, 0.1) is 24.8 Å². The molecule has 0 spiro atoms. The Labute approximate surface area is 362 Å². The lowest BCUT2D eigenvalue weighted by Crippen LogP contribution is -2.69. The van der Waals surface area contributed by atoms with Crippen LogP contribution in [-0.2, 0) is 14.3 Å². The largest absolute Gasteiger partial charge is 0.459 e. The number of unbranched alkanes of at least 4 members (excludes halogenated alkanes) is 2. The van der Waals surface area contributed by atoms with Crippen LogP contribution in [0.5, 0.6) is 28.7 Å². The summed E-state index contributed by atoms with van der Waals surface area (Å²) in [6.45, 7) is 5.12. The highest BCUT2D eigenvalue weighted by molar-refractivity contribution is 7.98. The number of allylic oxidation sites excluding steroid dienone is 1. The van der Waals surface area contributed by atoms with Crippen molar-refractivity contribution in [1.29, 1.82) is 0 Å². The van der Waals surface area contributed by atoms with Crippen molar-refractivity contribution in [3.8, 4) is 28.7 Å². The quantitative estimate of drug-likeness (QED) is 0.0550. The molecular weight excluding hydrogens is 797 g/mol. The minimum Gasteiger partial charge on any atom is -0.459 e. The van der Waals surface area contributed by atoms with Gasteiger partial charge >= 0.3 is 0 Å². The van der Waals surface area contributed by atoms with Gasteiger partial charge in [-0.1, -0.05) is 30.1 Å². The number of benzene rings is 3. The third-order valence-corrected chi connectivity index (χ3v) is 13.5. The van der Waals surface area contributed by atoms with Gasteiger partial charge in [-0.2, -0.15) is 0 Å². The molecule has 1 unspecified atom stereocenters. The number of aliphatic hydroxyl groups is 2. The Morgan fingerprint density at radius 2 is 1.74 bits per heavy atom. The second-order valence-corrected chi connectivity index (χ2v) is 17.3. The number of nitrogens with zero attached hydrogens (tertiary/aromatic N) is 2. The monoisotopic (exact) mass is 854 g/mol. The number of ether oxygens (including phenoxy) is 6. The first kappa shape index (κ1) is 43.1. The predicted octanol–water partition coefficient (Wildman–Crippen LogP) is 8.86. The zero-order valence-electron chi connectivity index (χ0n) is 35.2. The summed E-state index contributed by atoms with van der Waals surface area (Å²) in [5, 5.41) is 24.8. The molecule has 2 N–H and O–H groups in total. The predicted molar refractivity (Wildman–Crippen MR) is 233 cm³/mol. The maximum Gasteiger partial charge on any atom is 0.254 e. The molecule has 7 atom stereocenters. The fraction of sp³-hybridized carbons (Fsp3) is 0.500. The van der Waals surface area contributed by atoms with Crippen LogP contribution in [0.25, 0.3) is 0 Å². The molecule has 1 saturated heterocycles. The fourth-order valence-electron chi connectivity index (χ4n) is 9.86. The number of thioether (sulfide) groups is 1. The first-order chi connectivity index (χ1) is 29.9. The number of fused-ring (bicyclic) bond motifs is 3. The molecule has 3 heterocycles. The topological polar surface area (TPSA) is 138 Å². The van der Waals surface area contributed by atoms with Crippen LogP contribution in [0.4, 0.5) is 0 Å². The van der Waals surface area contributed by atoms with E-state index in [2.05, 4.69) is 18.7 Å². The second-order valence-electron chi connectivity index (χ2n) is 16.4. The van der Waals surface area contributed by atoms with E-state index >= 15 is 0 Å². The lowest BCUT2D eigenvalue weighted by Gasteiger charge is -2.59. The molecule has 8 rings (SSSR count). The molecule has 61 heavy (non-hydrogen) atoms. The minimum atomic E-state index is -1.39. The lowest BCUT2D eigenvalue weighted by atomic mass is 9.55. The normalized spacial score (nSPS) is 26.7. The smallest absolute Gasteiger partial charge is 0.254 e. The molecule has 2 aliphatic carbocycles. The third kappa shape index (κ3) is 9.04. The van der Waals surface area contributed by atoms with Gasteiger partial charge in [0.15, 0.2) is 11.5 Å². The average molecular weight is 855 g/mol. The number of likely N-dealkylation sites (N-methyl/N-ethyl adjacent to an activating group) is 1. The molecule has 5 aliphatic rings. The van der Waals surface area contributed by atoms with E-state index < -0.39 is 24.0 Å². The van der Waals surface area contributed by atoms with Gasteiger partial charge in [0, 0.05) is 55.0 Å². The van der Waals surface area contributed by atoms with E-state index in [0.29, 0.717) is 53.7 Å². The molecule has 0 aromatic heterocycles. The molecule has 3 aromatic rings. The van der Waals surface area contributed by atoms with Gasteiger partial charge in [-0.15, -0.1) is 18.3 Å². The van der Waals surface area contributed by atoms with E-state index in [-0.39, 0.29) is 56.7 Å². The van der Waals surface area contributed by atoms with Crippen molar-refractivity contribution in [3.05, 3.63) is 96.1 Å². The molecular formula is C48H58N2O10S. The summed E-state index contributed by atoms with van der Waals surface area (Å²) in [6.07, 6.45) is 13.3. The fourth-order valence-corrected chi connectivity index (χ4v) is 10.3. The average Bonchev–Trinajstić information content (AvgIpc) is 3.77. The van der Waals surface area contributed by atoms with Crippen molar-refractivity contribution in [2.45, 2.75) is 93.1 Å². The molecule has 12 nitrogen and oxygen atoms in total. The number of hydrogen-bond donors (Lipinski definition) is 2. The van der Waals surface area contributed by atoms with Crippen LogP contribution in [0, 0.1) is 17.8 Å². The summed E-state index contributed by atoms with van der Waals surface area (Å²) in [4.78, 5) is 23.9. The number of oxime groups is 1. The van der Waals surface area contributed by atoms with Crippen LogP contribution >= 0.6 is 11.8 Å². The highest BCUT2D eigenvalue weighted by Crippen LogP contribution is 2.62. The SMILES string of the molecule is C=CCO[C@@]12Oc3ccc(Oc4ccc(SC)cc4)cc3[C@H]3[C@H](CCCCO)[C@@H](CCCCO)C=C(C(=NOC4CCCCO4)C[C@@H]1N(C)C(=O)c1ccc4c(c1)OCO4)[C@H]32. The van der Waals surface area contributed by atoms with Crippen molar-refractivity contribution >= 4 is 23.4 Å². The van der Waals surface area contributed by atoms with Crippen LogP contribution in [-0.4, -0.2) is 91.4 Å². The zero-order chi connectivity index (χ0) is 42.3. The zero-order valence-corrected chi connectivity index (χ0v) is 36.0. The van der Waals surface area contributed by atoms with Crippen LogP contribution in [0.1, 0.15) is 86.0 Å². The standard InChI is InChI=1S/C48H58N2O10S/c1-4-24-57-48-43(50(2)47(53)32-14-20-41-42(27-32)56-30-55-41)29-39(49-60-44-13-7-10-25-54-44)37-26-31(11-5-8-22-51)36(12-6-9-23-52)45(46(37)48)38-28-34(17-21-40(38)59-48)58-33-15-18-35(61-3)19-16-33/h4,14-21,26-28,31,36,43-46,51-52H,1,5-13,22-25,29-30H2,2-3H3/t31-,36+,43-,44?,45+,46+,48+/m0/s1. The van der Waals surface area contributed by atoms with Gasteiger partial charge in [-0.3, -0.25) is 4.79 Å². The first-order valence-electron chi connectivity index (χ1n) is 21.7. The summed E-state index contributed by atoms with van der Waals surface area (Å²) in [6, 6.07) is 18.6. The number of carbonyl (C=O) groups excluding carboxylic acids is 1. The van der Waals surface area contributed by atoms with E-state index in [9.17, 15) is 15.0 Å². The van der Waals surface area contributed by atoms with E-state index in [4.69, 9.17) is 38.4 Å². The Hall–Kier alpha value is -4.53. The van der Waals surface area contributed by atoms with Gasteiger partial charge < -0.3 is 48.4 Å². The maximum atomic E-state index is 14.8. The first-order valence-corrected chi connectivity index (χ1v) is 22.9. The number of rotatable bonds is 18. The van der Waals surface area contributed by atoms with Gasteiger partial charge in [-0.25, -0.2) is 0 Å². The summed E-state index contributed by atoms with van der Waals surface area (Å²) in [5.41, 5.74) is 3.09. The Morgan fingerprint density at radius 3 is 2.49 bits per heavy atom. The molecule has 0 radical (unpaired) electrons. The van der Waals surface area contributed by atoms with E-state index in [0.717, 1.165) is 66.7 Å². The van der Waals surface area contributed by atoms with Crippen molar-refractivity contribution in [1.82, 2.24) is 4.90 Å². The van der Waals surface area contributed by atoms with Gasteiger partial charge in [0.1, 0.15) is 23.3 Å². The molecule has 1 saturated carbocycles. The lowest BCUT2D eigenvalue weighted by molar-refractivity contribution is -0.252. The Morgan fingerprint density at radius 1 is 0.967 bits per heavy atom. The van der Waals surface area contributed by atoms with Crippen molar-refractivity contribution < 1.29 is 48.3 Å². The Bertz CT molecular complexity index is 2070. The summed E-state index contributed by atoms with van der Waals surface area (Å²) in [5.74, 6) is 1.04. The molecule has 0 bridgehead atoms. The van der Waals surface area contributed by atoms with Crippen molar-refractivity contribution in [2.75, 3.05) is 46.5 Å². The Kier molecular flexibility index (Phi) is 13.9. The number of aliphatic hydroxyl groups excluding tert-OH is 2. The van der Waals surface area contributed by atoms with E-state index in [1.807, 2.05) is 42.7 Å². The van der Waals surface area contributed by atoms with Crippen LogP contribution in [0.2, 0.25) is 0 Å². The van der Waals surface area contributed by atoms with E-state index in [1.165, 1.54) is 0 Å². The van der Waals surface area contributed by atoms with Gasteiger partial charge in [0.25, 0.3) is 5.91 Å². The highest BCUT2D eigenvalue weighted by atomic mass is 32.2. The van der Waals surface area contributed by atoms with Crippen molar-refractivity contribution in [2.24, 2.45) is 22.9 Å². The number of hydrogen-bond acceptors (Lipinski definition) is 12. The molecule has 2 fully saturated rings. The van der Waals surface area contributed by atoms with Crippen LogP contribution in [0.15, 0.2) is 95.0 Å². The summed E-state index contributed by atoms with van der Waals surface area (Å²) < 4.78 is 38.2. The molecule has 1 amide bonds. The van der Waals surface area contributed by atoms with Gasteiger partial charge in [-0.05, 0) is 123 Å². The third-order valence-electron chi connectivity index (χ3n) is 12.8. The van der Waals surface area contributed by atoms with Crippen molar-refractivity contribution in [3.63, 3.8) is 0 Å². The van der Waals surface area contributed by atoms with E-state index in [1.54, 1.807) is 48.0 Å². The number of carbonyl (C=O) groups is 1. The summed E-state index contributed by atoms with van der Waals surface area (Å²) >= 11 is 1.68. The molecule has 13 heteroatoms. The highest BCUT2D eigenvalue weighted by Gasteiger charge is 2.65. The minimum absolute atomic E-state index is 0.0712. The van der Waals surface area contributed by atoms with Gasteiger partial charge in [0.2, 0.25) is 18.9 Å². The number of amides is 1. The van der Waals surface area contributed by atoms with Crippen LogP contribution in [0.3, 0.4) is 0 Å². The second kappa shape index (κ2) is 19.7. The Balaban J connectivity index is 1.29. The molecule has 3 aromatic carbocycles. The molecule has 3 aliphatic heterocycles. The molecule has 326 valence electrons. The maximum absolute atomic E-state index is 14.8.